The predicted octanol–water partition coefficient (Wildman–Crippen LogP) is 0.402. The molecule has 12 heavy (non-hydrogen) atoms. The average Bonchev–Trinajstić information content (AvgIpc) is 2.48. The largest absolute Gasteiger partial charge is 0.366 e. The molecule has 0 aliphatic carbocycles. The Morgan fingerprint density at radius 2 is 2.58 bits per heavy atom. The Hall–Kier alpha value is -1.58. The van der Waals surface area contributed by atoms with Crippen molar-refractivity contribution in [2.45, 2.75) is 13.5 Å². The van der Waals surface area contributed by atoms with Gasteiger partial charge in [-0.25, -0.2) is 0 Å². The van der Waals surface area contributed by atoms with E-state index in [0.717, 1.165) is 12.2 Å². The predicted molar refractivity (Wildman–Crippen MR) is 46.1 cm³/mol. The lowest BCUT2D eigenvalue weighted by molar-refractivity contribution is -0.113. The van der Waals surface area contributed by atoms with Crippen LogP contribution < -0.4 is 5.73 Å². The number of aryl methyl sites for hydroxylation is 1. The molecule has 0 atom stereocenters. The SMILES string of the molecule is CCn1ccc(/C=C\C(N)=O)n1. The molecule has 0 saturated heterocycles. The zero-order chi connectivity index (χ0) is 8.97. The average molecular weight is 165 g/mol. The second-order valence-corrected chi connectivity index (χ2v) is 2.33. The molecule has 64 valence electrons. The molecule has 0 bridgehead atoms. The van der Waals surface area contributed by atoms with E-state index in [9.17, 15) is 4.79 Å². The Morgan fingerprint density at radius 3 is 3.08 bits per heavy atom. The lowest BCUT2D eigenvalue weighted by Gasteiger charge is -1.89. The molecule has 1 amide bonds. The Labute approximate surface area is 70.7 Å². The number of carbonyl (C=O) groups is 1. The van der Waals surface area contributed by atoms with Gasteiger partial charge in [-0.05, 0) is 19.1 Å². The summed E-state index contributed by atoms with van der Waals surface area (Å²) in [5, 5.41) is 4.12. The fourth-order valence-corrected chi connectivity index (χ4v) is 0.810. The summed E-state index contributed by atoms with van der Waals surface area (Å²) in [7, 11) is 0. The highest BCUT2D eigenvalue weighted by atomic mass is 16.1. The summed E-state index contributed by atoms with van der Waals surface area (Å²) in [6.45, 7) is 2.82. The van der Waals surface area contributed by atoms with Crippen molar-refractivity contribution >= 4 is 12.0 Å². The van der Waals surface area contributed by atoms with Gasteiger partial charge < -0.3 is 5.73 Å². The summed E-state index contributed by atoms with van der Waals surface area (Å²) >= 11 is 0. The number of amides is 1. The third-order valence-corrected chi connectivity index (χ3v) is 1.40. The van der Waals surface area contributed by atoms with E-state index >= 15 is 0 Å². The first-order valence-corrected chi connectivity index (χ1v) is 3.73. The smallest absolute Gasteiger partial charge is 0.241 e. The molecular formula is C8H11N3O. The standard InChI is InChI=1S/C8H11N3O/c1-2-11-6-5-7(10-11)3-4-8(9)12/h3-6H,2H2,1H3,(H2,9,12)/b4-3-. The van der Waals surface area contributed by atoms with E-state index in [0.29, 0.717) is 0 Å². The third kappa shape index (κ3) is 2.23. The first-order chi connectivity index (χ1) is 5.72. The Bertz CT molecular complexity index is 301. The van der Waals surface area contributed by atoms with Gasteiger partial charge in [-0.1, -0.05) is 0 Å². The van der Waals surface area contributed by atoms with Crippen molar-refractivity contribution in [2.24, 2.45) is 5.73 Å². The van der Waals surface area contributed by atoms with Crippen LogP contribution in [0.2, 0.25) is 0 Å². The van der Waals surface area contributed by atoms with Crippen LogP contribution in [0.4, 0.5) is 0 Å². The van der Waals surface area contributed by atoms with Crippen LogP contribution in [-0.4, -0.2) is 15.7 Å². The monoisotopic (exact) mass is 165 g/mol. The molecule has 0 saturated carbocycles. The van der Waals surface area contributed by atoms with E-state index in [1.165, 1.54) is 6.08 Å². The van der Waals surface area contributed by atoms with Gasteiger partial charge in [-0.3, -0.25) is 9.48 Å². The molecule has 0 aromatic carbocycles. The van der Waals surface area contributed by atoms with Gasteiger partial charge in [0.1, 0.15) is 0 Å². The molecule has 0 fully saturated rings. The van der Waals surface area contributed by atoms with Gasteiger partial charge in [-0.2, -0.15) is 5.10 Å². The van der Waals surface area contributed by atoms with E-state index in [1.54, 1.807) is 10.8 Å². The van der Waals surface area contributed by atoms with Crippen molar-refractivity contribution in [3.05, 3.63) is 24.0 Å². The number of carbonyl (C=O) groups excluding carboxylic acids is 1. The molecule has 0 aliphatic heterocycles. The lowest BCUT2D eigenvalue weighted by Crippen LogP contribution is -2.05. The molecular weight excluding hydrogens is 154 g/mol. The van der Waals surface area contributed by atoms with Crippen molar-refractivity contribution in [1.82, 2.24) is 9.78 Å². The zero-order valence-corrected chi connectivity index (χ0v) is 6.90. The number of hydrogen-bond acceptors (Lipinski definition) is 2. The number of primary amides is 1. The van der Waals surface area contributed by atoms with Crippen LogP contribution >= 0.6 is 0 Å². The molecule has 2 N–H and O–H groups in total. The summed E-state index contributed by atoms with van der Waals surface area (Å²) in [5.74, 6) is -0.457. The van der Waals surface area contributed by atoms with E-state index in [4.69, 9.17) is 5.73 Å². The molecule has 1 aromatic heterocycles. The highest BCUT2D eigenvalue weighted by Gasteiger charge is 1.92. The minimum absolute atomic E-state index is 0.457. The van der Waals surface area contributed by atoms with Gasteiger partial charge in [-0.15, -0.1) is 0 Å². The van der Waals surface area contributed by atoms with Crippen molar-refractivity contribution in [3.8, 4) is 0 Å². The van der Waals surface area contributed by atoms with E-state index in [-0.39, 0.29) is 0 Å². The zero-order valence-electron chi connectivity index (χ0n) is 6.90. The van der Waals surface area contributed by atoms with E-state index in [2.05, 4.69) is 5.10 Å². The Morgan fingerprint density at radius 1 is 1.83 bits per heavy atom. The minimum atomic E-state index is -0.457. The Balaban J connectivity index is 2.70. The number of nitrogens with zero attached hydrogens (tertiary/aromatic N) is 2. The van der Waals surface area contributed by atoms with Gasteiger partial charge in [0.25, 0.3) is 0 Å². The van der Waals surface area contributed by atoms with Crippen molar-refractivity contribution in [3.63, 3.8) is 0 Å². The molecule has 0 aliphatic rings. The summed E-state index contributed by atoms with van der Waals surface area (Å²) in [4.78, 5) is 10.3. The van der Waals surface area contributed by atoms with Crippen LogP contribution in [0.5, 0.6) is 0 Å². The van der Waals surface area contributed by atoms with Gasteiger partial charge in [0, 0.05) is 18.8 Å². The van der Waals surface area contributed by atoms with Gasteiger partial charge in [0.15, 0.2) is 0 Å². The van der Waals surface area contributed by atoms with E-state index in [1.807, 2.05) is 19.2 Å². The summed E-state index contributed by atoms with van der Waals surface area (Å²) in [6.07, 6.45) is 4.73. The first kappa shape index (κ1) is 8.52. The van der Waals surface area contributed by atoms with Crippen LogP contribution in [-0.2, 0) is 11.3 Å². The highest BCUT2D eigenvalue weighted by Crippen LogP contribution is 1.97. The Kier molecular flexibility index (Phi) is 2.63. The maximum Gasteiger partial charge on any atom is 0.241 e. The second kappa shape index (κ2) is 3.71. The van der Waals surface area contributed by atoms with Crippen LogP contribution in [0.25, 0.3) is 6.08 Å². The van der Waals surface area contributed by atoms with E-state index < -0.39 is 5.91 Å². The van der Waals surface area contributed by atoms with Crippen molar-refractivity contribution in [2.75, 3.05) is 0 Å². The molecule has 4 heteroatoms. The second-order valence-electron chi connectivity index (χ2n) is 2.33. The molecule has 4 nitrogen and oxygen atoms in total. The molecule has 1 rings (SSSR count). The fourth-order valence-electron chi connectivity index (χ4n) is 0.810. The summed E-state index contributed by atoms with van der Waals surface area (Å²) in [5.41, 5.74) is 5.67. The van der Waals surface area contributed by atoms with Gasteiger partial charge in [0.2, 0.25) is 5.91 Å². The van der Waals surface area contributed by atoms with Crippen LogP contribution in [0.1, 0.15) is 12.6 Å². The van der Waals surface area contributed by atoms with Crippen molar-refractivity contribution in [1.29, 1.82) is 0 Å². The van der Waals surface area contributed by atoms with Crippen LogP contribution in [0.15, 0.2) is 18.3 Å². The number of hydrogen-bond donors (Lipinski definition) is 1. The highest BCUT2D eigenvalue weighted by molar-refractivity contribution is 5.89. The number of nitrogens with two attached hydrogens (primary N) is 1. The first-order valence-electron chi connectivity index (χ1n) is 3.73. The topological polar surface area (TPSA) is 60.9 Å². The molecule has 1 aromatic rings. The molecule has 1 heterocycles. The molecule has 0 unspecified atom stereocenters. The molecule has 0 spiro atoms. The maximum absolute atomic E-state index is 10.3. The maximum atomic E-state index is 10.3. The molecule has 0 radical (unpaired) electrons. The quantitative estimate of drug-likeness (QED) is 0.659. The fraction of sp³-hybridized carbons (Fsp3) is 0.250. The van der Waals surface area contributed by atoms with Crippen LogP contribution in [0, 0.1) is 0 Å². The number of aromatic nitrogens is 2. The van der Waals surface area contributed by atoms with Crippen LogP contribution in [0.3, 0.4) is 0 Å². The van der Waals surface area contributed by atoms with Crippen molar-refractivity contribution < 1.29 is 4.79 Å². The van der Waals surface area contributed by atoms with Gasteiger partial charge >= 0.3 is 0 Å². The van der Waals surface area contributed by atoms with Gasteiger partial charge in [0.05, 0.1) is 5.69 Å². The minimum Gasteiger partial charge on any atom is -0.366 e. The third-order valence-electron chi connectivity index (χ3n) is 1.40. The summed E-state index contributed by atoms with van der Waals surface area (Å²) in [6, 6.07) is 1.82. The number of rotatable bonds is 3. The summed E-state index contributed by atoms with van der Waals surface area (Å²) < 4.78 is 1.78. The normalized spacial score (nSPS) is 10.8. The lowest BCUT2D eigenvalue weighted by atomic mass is 10.4.